The second kappa shape index (κ2) is 5.55. The molecule has 0 bridgehead atoms. The Balaban J connectivity index is 2.69. The van der Waals surface area contributed by atoms with Crippen LogP contribution in [0.25, 0.3) is 0 Å². The Labute approximate surface area is 89.9 Å². The lowest BCUT2D eigenvalue weighted by molar-refractivity contribution is -0.120. The molecule has 0 aliphatic carbocycles. The van der Waals surface area contributed by atoms with Crippen molar-refractivity contribution in [1.82, 2.24) is 15.6 Å². The molecule has 0 atom stereocenters. The van der Waals surface area contributed by atoms with Crippen LogP contribution >= 0.6 is 0 Å². The fraction of sp³-hybridized carbons (Fsp3) is 0.778. The summed E-state index contributed by atoms with van der Waals surface area (Å²) in [4.78, 5) is 17.5. The van der Waals surface area contributed by atoms with E-state index < -0.39 is 0 Å². The Morgan fingerprint density at radius 3 is 3.00 bits per heavy atom. The predicted octanol–water partition coefficient (Wildman–Crippen LogP) is -0.964. The number of amides is 1. The summed E-state index contributed by atoms with van der Waals surface area (Å²) in [5, 5.41) is 2.80. The van der Waals surface area contributed by atoms with Crippen molar-refractivity contribution in [2.75, 3.05) is 19.6 Å². The van der Waals surface area contributed by atoms with Crippen LogP contribution in [0.5, 0.6) is 0 Å². The number of hydrogen-bond donors (Lipinski definition) is 3. The van der Waals surface area contributed by atoms with E-state index in [0.717, 1.165) is 19.5 Å². The lowest BCUT2D eigenvalue weighted by Crippen LogP contribution is -2.47. The average molecular weight is 213 g/mol. The Kier molecular flexibility index (Phi) is 4.36. The summed E-state index contributed by atoms with van der Waals surface area (Å²) >= 11 is 0. The van der Waals surface area contributed by atoms with Crippen molar-refractivity contribution in [3.05, 3.63) is 0 Å². The van der Waals surface area contributed by atoms with Crippen molar-refractivity contribution in [3.8, 4) is 0 Å². The van der Waals surface area contributed by atoms with Crippen molar-refractivity contribution in [1.29, 1.82) is 0 Å². The molecule has 6 heteroatoms. The summed E-state index contributed by atoms with van der Waals surface area (Å²) in [5.41, 5.74) is 2.55. The van der Waals surface area contributed by atoms with Crippen LogP contribution < -0.4 is 16.6 Å². The fourth-order valence-corrected chi connectivity index (χ4v) is 1.44. The lowest BCUT2D eigenvalue weighted by atomic mass is 10.4. The van der Waals surface area contributed by atoms with Crippen molar-refractivity contribution in [2.45, 2.75) is 26.3 Å². The van der Waals surface area contributed by atoms with E-state index in [1.807, 2.05) is 18.7 Å². The van der Waals surface area contributed by atoms with E-state index >= 15 is 0 Å². The van der Waals surface area contributed by atoms with E-state index in [1.54, 1.807) is 0 Å². The van der Waals surface area contributed by atoms with Crippen LogP contribution in [0, 0.1) is 0 Å². The number of nitrogens with one attached hydrogen (secondary N) is 2. The topological polar surface area (TPSA) is 82.8 Å². The number of nitrogens with zero attached hydrogens (tertiary/aromatic N) is 2. The Bertz CT molecular complexity index is 251. The highest BCUT2D eigenvalue weighted by Gasteiger charge is 2.17. The van der Waals surface area contributed by atoms with Gasteiger partial charge in [-0.25, -0.2) is 10.8 Å². The third kappa shape index (κ3) is 3.75. The molecule has 1 rings (SSSR count). The van der Waals surface area contributed by atoms with Crippen molar-refractivity contribution >= 4 is 11.9 Å². The number of guanidine groups is 1. The van der Waals surface area contributed by atoms with E-state index in [4.69, 9.17) is 5.84 Å². The molecule has 0 unspecified atom stereocenters. The predicted molar refractivity (Wildman–Crippen MR) is 59.1 cm³/mol. The SMILES string of the molecule is CC(C)N=C(NN)N1CCCNC(=O)C1. The zero-order valence-electron chi connectivity index (χ0n) is 9.29. The Morgan fingerprint density at radius 1 is 1.67 bits per heavy atom. The molecule has 0 radical (unpaired) electrons. The summed E-state index contributed by atoms with van der Waals surface area (Å²) in [6, 6.07) is 0.155. The van der Waals surface area contributed by atoms with Gasteiger partial charge in [-0.3, -0.25) is 10.2 Å². The Morgan fingerprint density at radius 2 is 2.40 bits per heavy atom. The van der Waals surface area contributed by atoms with Crippen LogP contribution in [0.15, 0.2) is 4.99 Å². The van der Waals surface area contributed by atoms with Gasteiger partial charge in [0.15, 0.2) is 0 Å². The molecule has 1 aliphatic heterocycles. The second-order valence-electron chi connectivity index (χ2n) is 3.82. The van der Waals surface area contributed by atoms with Crippen molar-refractivity contribution in [2.24, 2.45) is 10.8 Å². The van der Waals surface area contributed by atoms with E-state index in [-0.39, 0.29) is 11.9 Å². The number of carbonyl (C=O) groups is 1. The number of rotatable bonds is 1. The number of aliphatic imine (C=N–C) groups is 1. The second-order valence-corrected chi connectivity index (χ2v) is 3.82. The van der Waals surface area contributed by atoms with Crippen LogP contribution in [-0.2, 0) is 4.79 Å². The fourth-order valence-electron chi connectivity index (χ4n) is 1.44. The van der Waals surface area contributed by atoms with Gasteiger partial charge in [0.2, 0.25) is 11.9 Å². The highest BCUT2D eigenvalue weighted by molar-refractivity contribution is 5.86. The van der Waals surface area contributed by atoms with Crippen LogP contribution in [0.3, 0.4) is 0 Å². The molecule has 0 aromatic heterocycles. The van der Waals surface area contributed by atoms with Gasteiger partial charge in [-0.05, 0) is 20.3 Å². The number of hydrogen-bond acceptors (Lipinski definition) is 3. The zero-order valence-corrected chi connectivity index (χ0v) is 9.29. The molecule has 4 N–H and O–H groups in total. The molecule has 15 heavy (non-hydrogen) atoms. The number of nitrogens with two attached hydrogens (primary N) is 1. The highest BCUT2D eigenvalue weighted by Crippen LogP contribution is 1.98. The Hall–Kier alpha value is -1.30. The van der Waals surface area contributed by atoms with Gasteiger partial charge < -0.3 is 10.2 Å². The van der Waals surface area contributed by atoms with E-state index in [1.165, 1.54) is 0 Å². The molecule has 1 aliphatic rings. The molecule has 1 saturated heterocycles. The normalized spacial score (nSPS) is 18.8. The maximum atomic E-state index is 11.3. The molecular weight excluding hydrogens is 194 g/mol. The number of hydrazine groups is 1. The van der Waals surface area contributed by atoms with Gasteiger partial charge in [0.05, 0.1) is 6.54 Å². The van der Waals surface area contributed by atoms with Gasteiger partial charge in [-0.2, -0.15) is 0 Å². The maximum absolute atomic E-state index is 11.3. The quantitative estimate of drug-likeness (QED) is 0.227. The first kappa shape index (κ1) is 11.8. The maximum Gasteiger partial charge on any atom is 0.239 e. The van der Waals surface area contributed by atoms with Gasteiger partial charge >= 0.3 is 0 Å². The third-order valence-corrected chi connectivity index (χ3v) is 2.07. The smallest absolute Gasteiger partial charge is 0.239 e. The molecule has 0 spiro atoms. The molecule has 0 aromatic rings. The first-order valence-electron chi connectivity index (χ1n) is 5.19. The van der Waals surface area contributed by atoms with Gasteiger partial charge in [0.1, 0.15) is 0 Å². The monoisotopic (exact) mass is 213 g/mol. The van der Waals surface area contributed by atoms with E-state index in [9.17, 15) is 4.79 Å². The largest absolute Gasteiger partial charge is 0.354 e. The summed E-state index contributed by atoms with van der Waals surface area (Å²) in [7, 11) is 0. The summed E-state index contributed by atoms with van der Waals surface area (Å²) in [6.07, 6.45) is 0.907. The molecule has 1 amide bonds. The minimum absolute atomic E-state index is 0.0132. The molecule has 6 nitrogen and oxygen atoms in total. The summed E-state index contributed by atoms with van der Waals surface area (Å²) < 4.78 is 0. The van der Waals surface area contributed by atoms with Crippen LogP contribution in [0.2, 0.25) is 0 Å². The molecule has 86 valence electrons. The molecular formula is C9H19N5O. The van der Waals surface area contributed by atoms with Crippen LogP contribution in [0.1, 0.15) is 20.3 Å². The molecule has 0 saturated carbocycles. The van der Waals surface area contributed by atoms with Crippen LogP contribution in [0.4, 0.5) is 0 Å². The summed E-state index contributed by atoms with van der Waals surface area (Å²) in [5.74, 6) is 5.99. The van der Waals surface area contributed by atoms with Gasteiger partial charge in [0.25, 0.3) is 0 Å². The lowest BCUT2D eigenvalue weighted by Gasteiger charge is -2.22. The van der Waals surface area contributed by atoms with E-state index in [0.29, 0.717) is 12.5 Å². The van der Waals surface area contributed by atoms with Gasteiger partial charge in [-0.15, -0.1) is 0 Å². The van der Waals surface area contributed by atoms with Crippen molar-refractivity contribution < 1.29 is 4.79 Å². The van der Waals surface area contributed by atoms with Gasteiger partial charge in [0, 0.05) is 19.1 Å². The number of carbonyl (C=O) groups excluding carboxylic acids is 1. The standard InChI is InChI=1S/C9H19N5O/c1-7(2)12-9(13-10)14-5-3-4-11-8(15)6-14/h7H,3-6,10H2,1-2H3,(H,11,15)(H,12,13). The third-order valence-electron chi connectivity index (χ3n) is 2.07. The molecule has 1 heterocycles. The summed E-state index contributed by atoms with van der Waals surface area (Å²) in [6.45, 7) is 5.75. The molecule has 1 fully saturated rings. The highest BCUT2D eigenvalue weighted by atomic mass is 16.2. The minimum Gasteiger partial charge on any atom is -0.354 e. The average Bonchev–Trinajstić information content (AvgIpc) is 2.39. The molecule has 0 aromatic carbocycles. The minimum atomic E-state index is 0.0132. The van der Waals surface area contributed by atoms with Crippen LogP contribution in [-0.4, -0.2) is 42.4 Å². The van der Waals surface area contributed by atoms with Crippen molar-refractivity contribution in [3.63, 3.8) is 0 Å². The van der Waals surface area contributed by atoms with E-state index in [2.05, 4.69) is 15.7 Å². The van der Waals surface area contributed by atoms with Gasteiger partial charge in [-0.1, -0.05) is 0 Å². The first-order valence-corrected chi connectivity index (χ1v) is 5.19. The first-order chi connectivity index (χ1) is 7.13. The zero-order chi connectivity index (χ0) is 11.3.